The Morgan fingerprint density at radius 1 is 1.30 bits per heavy atom. The molecule has 0 atom stereocenters. The second kappa shape index (κ2) is 7.52. The molecule has 0 bridgehead atoms. The van der Waals surface area contributed by atoms with Crippen LogP contribution in [-0.2, 0) is 0 Å². The summed E-state index contributed by atoms with van der Waals surface area (Å²) in [7, 11) is 0. The summed E-state index contributed by atoms with van der Waals surface area (Å²) >= 11 is 10.8. The van der Waals surface area contributed by atoms with E-state index in [2.05, 4.69) is 34.7 Å². The molecule has 2 aromatic heterocycles. The van der Waals surface area contributed by atoms with E-state index in [1.54, 1.807) is 6.26 Å². The van der Waals surface area contributed by atoms with E-state index in [9.17, 15) is 0 Å². The summed E-state index contributed by atoms with van der Waals surface area (Å²) in [5.41, 5.74) is 1.32. The average molecular weight is 376 g/mol. The first-order valence-corrected chi connectivity index (χ1v) is 9.06. The minimum atomic E-state index is 0.632. The van der Waals surface area contributed by atoms with E-state index in [0.717, 1.165) is 29.2 Å². The summed E-state index contributed by atoms with van der Waals surface area (Å²) < 4.78 is 12.8. The van der Waals surface area contributed by atoms with Gasteiger partial charge in [-0.2, -0.15) is 11.8 Å². The molecule has 2 aromatic rings. The van der Waals surface area contributed by atoms with Crippen molar-refractivity contribution >= 4 is 57.0 Å². The largest absolute Gasteiger partial charge is 0.458 e. The van der Waals surface area contributed by atoms with Crippen molar-refractivity contribution in [2.24, 2.45) is 0 Å². The summed E-state index contributed by atoms with van der Waals surface area (Å²) in [6.45, 7) is 6.18. The summed E-state index contributed by atoms with van der Waals surface area (Å²) in [4.78, 5) is 2.21. The second-order valence-corrected chi connectivity index (χ2v) is 6.90. The highest BCUT2D eigenvalue weighted by Gasteiger charge is 2.13. The lowest BCUT2D eigenvalue weighted by molar-refractivity contribution is 0.565. The van der Waals surface area contributed by atoms with Gasteiger partial charge < -0.3 is 13.7 Å². The number of anilines is 1. The molecule has 2 heterocycles. The van der Waals surface area contributed by atoms with E-state index in [1.165, 1.54) is 12.2 Å². The monoisotopic (exact) mass is 375 g/mol. The molecular formula is C14H18BrNO2S2. The van der Waals surface area contributed by atoms with Gasteiger partial charge in [0.25, 0.3) is 0 Å². The van der Waals surface area contributed by atoms with E-state index in [-0.39, 0.29) is 0 Å². The van der Waals surface area contributed by atoms with E-state index in [4.69, 9.17) is 21.1 Å². The summed E-state index contributed by atoms with van der Waals surface area (Å²) in [6.07, 6.45) is 2.83. The lowest BCUT2D eigenvalue weighted by Gasteiger charge is -2.21. The third-order valence-corrected chi connectivity index (χ3v) is 4.95. The van der Waals surface area contributed by atoms with E-state index in [1.807, 2.05) is 17.8 Å². The Hall–Kier alpha value is -0.460. The lowest BCUT2D eigenvalue weighted by Crippen LogP contribution is -2.25. The highest BCUT2D eigenvalue weighted by molar-refractivity contribution is 9.10. The third-order valence-electron chi connectivity index (χ3n) is 2.94. The standard InChI is InChI=1S/C14H18BrNO2S2/c1-3-6-20-7-5-16(4-2)12-8-11(19)14-13(18-12)10(15)9-17-14/h8-9H,3-7H2,1-2H3. The summed E-state index contributed by atoms with van der Waals surface area (Å²) in [6, 6.07) is 1.88. The van der Waals surface area contributed by atoms with E-state index in [0.29, 0.717) is 15.7 Å². The van der Waals surface area contributed by atoms with Gasteiger partial charge in [-0.05, 0) is 35.0 Å². The first-order chi connectivity index (χ1) is 9.67. The molecule has 0 aliphatic heterocycles. The highest BCUT2D eigenvalue weighted by atomic mass is 79.9. The van der Waals surface area contributed by atoms with Crippen LogP contribution in [0.4, 0.5) is 5.88 Å². The number of halogens is 1. The maximum absolute atomic E-state index is 5.93. The fourth-order valence-electron chi connectivity index (χ4n) is 1.90. The number of thioether (sulfide) groups is 1. The van der Waals surface area contributed by atoms with Crippen LogP contribution in [-0.4, -0.2) is 24.6 Å². The van der Waals surface area contributed by atoms with Gasteiger partial charge >= 0.3 is 0 Å². The molecule has 6 heteroatoms. The zero-order valence-electron chi connectivity index (χ0n) is 11.6. The van der Waals surface area contributed by atoms with Gasteiger partial charge in [0.1, 0.15) is 6.26 Å². The van der Waals surface area contributed by atoms with Crippen LogP contribution in [0.1, 0.15) is 20.3 Å². The predicted molar refractivity (Wildman–Crippen MR) is 92.5 cm³/mol. The van der Waals surface area contributed by atoms with Crippen LogP contribution >= 0.6 is 39.9 Å². The van der Waals surface area contributed by atoms with Gasteiger partial charge in [0.05, 0.1) is 8.98 Å². The zero-order valence-corrected chi connectivity index (χ0v) is 14.9. The molecule has 0 unspecified atom stereocenters. The van der Waals surface area contributed by atoms with Crippen molar-refractivity contribution in [1.29, 1.82) is 0 Å². The van der Waals surface area contributed by atoms with Crippen molar-refractivity contribution in [2.45, 2.75) is 20.3 Å². The minimum Gasteiger partial charge on any atom is -0.458 e. The number of hydrogen-bond acceptors (Lipinski definition) is 5. The molecule has 0 saturated carbocycles. The number of rotatable bonds is 7. The van der Waals surface area contributed by atoms with E-state index >= 15 is 0 Å². The summed E-state index contributed by atoms with van der Waals surface area (Å²) in [5.74, 6) is 3.10. The number of fused-ring (bicyclic) bond motifs is 1. The first kappa shape index (κ1) is 15.9. The molecular weight excluding hydrogens is 358 g/mol. The summed E-state index contributed by atoms with van der Waals surface area (Å²) in [5, 5.41) is 0. The van der Waals surface area contributed by atoms with Crippen LogP contribution in [0.2, 0.25) is 0 Å². The topological polar surface area (TPSA) is 29.5 Å². The molecule has 3 nitrogen and oxygen atoms in total. The molecule has 0 aromatic carbocycles. The van der Waals surface area contributed by atoms with Gasteiger partial charge in [0, 0.05) is 24.9 Å². The maximum Gasteiger partial charge on any atom is 0.197 e. The number of furan rings is 1. The van der Waals surface area contributed by atoms with Crippen LogP contribution < -0.4 is 4.90 Å². The normalized spacial score (nSPS) is 11.2. The van der Waals surface area contributed by atoms with Crippen LogP contribution in [0.25, 0.3) is 11.2 Å². The Kier molecular flexibility index (Phi) is 5.99. The number of nitrogens with zero attached hydrogens (tertiary/aromatic N) is 1. The molecule has 2 rings (SSSR count). The zero-order chi connectivity index (χ0) is 14.5. The molecule has 20 heavy (non-hydrogen) atoms. The molecule has 0 amide bonds. The van der Waals surface area contributed by atoms with Gasteiger partial charge in [0.15, 0.2) is 17.1 Å². The quantitative estimate of drug-likeness (QED) is 0.471. The third kappa shape index (κ3) is 3.59. The van der Waals surface area contributed by atoms with Crippen molar-refractivity contribution in [3.05, 3.63) is 21.3 Å². The Balaban J connectivity index is 2.21. The SMILES string of the molecule is CCCSCCN(CC)c1cc(=S)c2occ(Br)c2o1. The van der Waals surface area contributed by atoms with E-state index < -0.39 is 0 Å². The minimum absolute atomic E-state index is 0.632. The van der Waals surface area contributed by atoms with Gasteiger partial charge in [-0.15, -0.1) is 0 Å². The molecule has 0 saturated heterocycles. The lowest BCUT2D eigenvalue weighted by atomic mass is 10.4. The van der Waals surface area contributed by atoms with Crippen molar-refractivity contribution in [2.75, 3.05) is 29.5 Å². The van der Waals surface area contributed by atoms with Gasteiger partial charge in [-0.3, -0.25) is 0 Å². The molecule has 0 fully saturated rings. The first-order valence-electron chi connectivity index (χ1n) is 6.70. The maximum atomic E-state index is 5.93. The molecule has 110 valence electrons. The van der Waals surface area contributed by atoms with Crippen molar-refractivity contribution in [3.8, 4) is 0 Å². The number of hydrogen-bond donors (Lipinski definition) is 0. The van der Waals surface area contributed by atoms with Gasteiger partial charge in [0.2, 0.25) is 0 Å². The highest BCUT2D eigenvalue weighted by Crippen LogP contribution is 2.31. The Labute approximate surface area is 136 Å². The fourth-order valence-corrected chi connectivity index (χ4v) is 3.34. The molecule has 0 N–H and O–H groups in total. The van der Waals surface area contributed by atoms with Crippen molar-refractivity contribution in [1.82, 2.24) is 0 Å². The average Bonchev–Trinajstić information content (AvgIpc) is 2.81. The Morgan fingerprint density at radius 3 is 2.80 bits per heavy atom. The Morgan fingerprint density at radius 2 is 2.10 bits per heavy atom. The Bertz CT molecular complexity index is 623. The van der Waals surface area contributed by atoms with Crippen LogP contribution in [0, 0.1) is 4.51 Å². The van der Waals surface area contributed by atoms with Crippen molar-refractivity contribution < 1.29 is 8.83 Å². The van der Waals surface area contributed by atoms with Gasteiger partial charge in [-0.1, -0.05) is 19.1 Å². The second-order valence-electron chi connectivity index (χ2n) is 4.38. The van der Waals surface area contributed by atoms with Crippen LogP contribution in [0.3, 0.4) is 0 Å². The molecule has 0 aliphatic rings. The molecule has 0 aliphatic carbocycles. The molecule has 0 radical (unpaired) electrons. The van der Waals surface area contributed by atoms with Crippen LogP contribution in [0.15, 0.2) is 25.6 Å². The van der Waals surface area contributed by atoms with Crippen molar-refractivity contribution in [3.63, 3.8) is 0 Å². The molecule has 0 spiro atoms. The smallest absolute Gasteiger partial charge is 0.197 e. The fraction of sp³-hybridized carbons (Fsp3) is 0.500. The predicted octanol–water partition coefficient (Wildman–Crippen LogP) is 5.49. The van der Waals surface area contributed by atoms with Gasteiger partial charge in [-0.25, -0.2) is 0 Å². The van der Waals surface area contributed by atoms with Crippen LogP contribution in [0.5, 0.6) is 0 Å².